The smallest absolute Gasteiger partial charge is 0.416 e. The number of nitriles is 1. The first-order valence-electron chi connectivity index (χ1n) is 9.33. The number of benzene rings is 2. The van der Waals surface area contributed by atoms with E-state index < -0.39 is 62.6 Å². The van der Waals surface area contributed by atoms with Gasteiger partial charge in [0.1, 0.15) is 17.9 Å². The Morgan fingerprint density at radius 1 is 1.00 bits per heavy atom. The molecular formula is C20H16F6N2O4S. The van der Waals surface area contributed by atoms with Crippen molar-refractivity contribution < 1.29 is 44.6 Å². The van der Waals surface area contributed by atoms with Crippen LogP contribution in [0.15, 0.2) is 47.4 Å². The summed E-state index contributed by atoms with van der Waals surface area (Å²) in [4.78, 5) is -0.634. The Kier molecular flexibility index (Phi) is 6.65. The first-order chi connectivity index (χ1) is 15.3. The molecule has 1 heterocycles. The second-order valence-corrected chi connectivity index (χ2v) is 9.17. The molecule has 6 nitrogen and oxygen atoms in total. The third-order valence-corrected chi connectivity index (χ3v) is 6.99. The molecule has 1 saturated heterocycles. The Morgan fingerprint density at radius 2 is 1.58 bits per heavy atom. The van der Waals surface area contributed by atoms with Gasteiger partial charge in [-0.1, -0.05) is 0 Å². The lowest BCUT2D eigenvalue weighted by molar-refractivity contribution is -0.138. The summed E-state index contributed by atoms with van der Waals surface area (Å²) in [5.74, 6) is -0.750. The molecule has 1 N–H and O–H groups in total. The number of nitrogens with zero attached hydrogens (tertiary/aromatic N) is 2. The van der Waals surface area contributed by atoms with Crippen LogP contribution in [0.4, 0.5) is 26.3 Å². The highest BCUT2D eigenvalue weighted by atomic mass is 32.2. The fourth-order valence-electron chi connectivity index (χ4n) is 3.36. The molecular weight excluding hydrogens is 478 g/mol. The molecule has 0 amide bonds. The normalized spacial score (nSPS) is 19.9. The van der Waals surface area contributed by atoms with Crippen LogP contribution in [0.5, 0.6) is 5.75 Å². The molecule has 0 bridgehead atoms. The first kappa shape index (κ1) is 24.8. The van der Waals surface area contributed by atoms with Gasteiger partial charge >= 0.3 is 12.4 Å². The quantitative estimate of drug-likeness (QED) is 0.641. The molecule has 0 spiro atoms. The number of aliphatic hydroxyl groups excluding tert-OH is 1. The summed E-state index contributed by atoms with van der Waals surface area (Å²) >= 11 is 0. The summed E-state index contributed by atoms with van der Waals surface area (Å²) in [6.45, 7) is -1.12. The van der Waals surface area contributed by atoms with E-state index in [1.165, 1.54) is 6.07 Å². The summed E-state index contributed by atoms with van der Waals surface area (Å²) in [5, 5.41) is 18.8. The van der Waals surface area contributed by atoms with Gasteiger partial charge in [-0.2, -0.15) is 35.9 Å². The molecule has 0 aliphatic carbocycles. The van der Waals surface area contributed by atoms with Crippen LogP contribution in [-0.2, 0) is 22.4 Å². The van der Waals surface area contributed by atoms with E-state index in [2.05, 4.69) is 0 Å². The lowest BCUT2D eigenvalue weighted by Gasteiger charge is -2.19. The molecule has 1 aliphatic heterocycles. The SMILES string of the molecule is N#Cc1cc(C(F)(F)F)ccc1S(=O)(=O)N1CC(CO)C(Oc2ccc(C(F)(F)F)cc2)C1. The fourth-order valence-corrected chi connectivity index (χ4v) is 5.00. The first-order valence-corrected chi connectivity index (χ1v) is 10.8. The van der Waals surface area contributed by atoms with Gasteiger partial charge in [-0.25, -0.2) is 8.42 Å². The minimum Gasteiger partial charge on any atom is -0.489 e. The van der Waals surface area contributed by atoms with E-state index in [4.69, 9.17) is 4.74 Å². The summed E-state index contributed by atoms with van der Waals surface area (Å²) in [7, 11) is -4.43. The summed E-state index contributed by atoms with van der Waals surface area (Å²) < 4.78 is 109. The van der Waals surface area contributed by atoms with Crippen molar-refractivity contribution in [3.05, 3.63) is 59.2 Å². The molecule has 0 radical (unpaired) electrons. The maximum Gasteiger partial charge on any atom is 0.416 e. The lowest BCUT2D eigenvalue weighted by atomic mass is 10.1. The van der Waals surface area contributed by atoms with Crippen molar-refractivity contribution in [2.45, 2.75) is 23.4 Å². The second kappa shape index (κ2) is 8.85. The largest absolute Gasteiger partial charge is 0.489 e. The second-order valence-electron chi connectivity index (χ2n) is 7.26. The molecule has 0 saturated carbocycles. The van der Waals surface area contributed by atoms with Crippen LogP contribution in [0.3, 0.4) is 0 Å². The standard InChI is InChI=1S/C20H16F6N2O4S/c21-19(22,23)14-1-4-16(5-2-14)32-17-10-28(9-13(17)11-29)33(30,31)18-6-3-15(20(24,25)26)7-12(18)8-27/h1-7,13,17,29H,9-11H2. The van der Waals surface area contributed by atoms with Gasteiger partial charge in [0.2, 0.25) is 10.0 Å². The number of rotatable bonds is 5. The summed E-state index contributed by atoms with van der Waals surface area (Å²) in [6.07, 6.45) is -10.3. The Bertz CT molecular complexity index is 1160. The number of ether oxygens (including phenoxy) is 1. The van der Waals surface area contributed by atoms with Crippen molar-refractivity contribution in [1.29, 1.82) is 5.26 Å². The number of aliphatic hydroxyl groups is 1. The zero-order valence-corrected chi connectivity index (χ0v) is 17.4. The zero-order valence-electron chi connectivity index (χ0n) is 16.6. The van der Waals surface area contributed by atoms with Crippen molar-refractivity contribution in [3.8, 4) is 11.8 Å². The van der Waals surface area contributed by atoms with Gasteiger partial charge in [-0.15, -0.1) is 0 Å². The van der Waals surface area contributed by atoms with E-state index >= 15 is 0 Å². The van der Waals surface area contributed by atoms with Gasteiger partial charge in [0.05, 0.1) is 34.7 Å². The number of hydrogen-bond donors (Lipinski definition) is 1. The molecule has 0 aromatic heterocycles. The van der Waals surface area contributed by atoms with E-state index in [1.54, 1.807) is 0 Å². The average Bonchev–Trinajstić information content (AvgIpc) is 3.16. The van der Waals surface area contributed by atoms with Crippen molar-refractivity contribution in [3.63, 3.8) is 0 Å². The Balaban J connectivity index is 1.84. The molecule has 2 aromatic rings. The number of hydrogen-bond acceptors (Lipinski definition) is 5. The highest BCUT2D eigenvalue weighted by molar-refractivity contribution is 7.89. The van der Waals surface area contributed by atoms with Crippen LogP contribution in [0.2, 0.25) is 0 Å². The van der Waals surface area contributed by atoms with E-state index in [1.807, 2.05) is 0 Å². The Labute approximate surface area is 184 Å². The minimum absolute atomic E-state index is 0.0120. The van der Waals surface area contributed by atoms with Crippen LogP contribution >= 0.6 is 0 Å². The molecule has 1 aliphatic rings. The predicted molar refractivity (Wildman–Crippen MR) is 101 cm³/mol. The molecule has 178 valence electrons. The highest BCUT2D eigenvalue weighted by Crippen LogP contribution is 2.35. The van der Waals surface area contributed by atoms with Gasteiger partial charge in [0.25, 0.3) is 0 Å². The van der Waals surface area contributed by atoms with E-state index in [-0.39, 0.29) is 18.8 Å². The topological polar surface area (TPSA) is 90.6 Å². The third-order valence-electron chi connectivity index (χ3n) is 5.10. The minimum atomic E-state index is -4.77. The third kappa shape index (κ3) is 5.23. The zero-order chi connectivity index (χ0) is 24.6. The van der Waals surface area contributed by atoms with Gasteiger partial charge < -0.3 is 9.84 Å². The number of sulfonamides is 1. The average molecular weight is 494 g/mol. The highest BCUT2D eigenvalue weighted by Gasteiger charge is 2.42. The summed E-state index contributed by atoms with van der Waals surface area (Å²) in [6, 6.07) is 6.80. The van der Waals surface area contributed by atoms with Gasteiger partial charge in [0.15, 0.2) is 0 Å². The van der Waals surface area contributed by atoms with Crippen LogP contribution < -0.4 is 4.74 Å². The van der Waals surface area contributed by atoms with Crippen molar-refractivity contribution in [2.75, 3.05) is 19.7 Å². The Morgan fingerprint density at radius 3 is 2.09 bits per heavy atom. The van der Waals surface area contributed by atoms with Gasteiger partial charge in [-0.05, 0) is 42.5 Å². The molecule has 1 fully saturated rings. The van der Waals surface area contributed by atoms with E-state index in [0.717, 1.165) is 28.6 Å². The van der Waals surface area contributed by atoms with Gasteiger partial charge in [0, 0.05) is 12.5 Å². The fraction of sp³-hybridized carbons (Fsp3) is 0.350. The lowest BCUT2D eigenvalue weighted by Crippen LogP contribution is -2.31. The molecule has 2 atom stereocenters. The molecule has 2 unspecified atom stereocenters. The van der Waals surface area contributed by atoms with Crippen molar-refractivity contribution >= 4 is 10.0 Å². The van der Waals surface area contributed by atoms with Crippen LogP contribution in [0, 0.1) is 17.2 Å². The van der Waals surface area contributed by atoms with Gasteiger partial charge in [-0.3, -0.25) is 0 Å². The molecule has 33 heavy (non-hydrogen) atoms. The summed E-state index contributed by atoms with van der Waals surface area (Å²) in [5.41, 5.74) is -2.79. The predicted octanol–water partition coefficient (Wildman–Crippen LogP) is 3.66. The van der Waals surface area contributed by atoms with Crippen LogP contribution in [-0.4, -0.2) is 43.6 Å². The van der Waals surface area contributed by atoms with Crippen molar-refractivity contribution in [1.82, 2.24) is 4.31 Å². The molecule has 3 rings (SSSR count). The molecule has 13 heteroatoms. The molecule has 2 aromatic carbocycles. The van der Waals surface area contributed by atoms with Crippen LogP contribution in [0.25, 0.3) is 0 Å². The van der Waals surface area contributed by atoms with E-state index in [9.17, 15) is 45.1 Å². The van der Waals surface area contributed by atoms with Crippen LogP contribution in [0.1, 0.15) is 16.7 Å². The van der Waals surface area contributed by atoms with Crippen molar-refractivity contribution in [2.24, 2.45) is 5.92 Å². The number of alkyl halides is 6. The maximum atomic E-state index is 13.0. The van der Waals surface area contributed by atoms with E-state index in [0.29, 0.717) is 18.2 Å². The maximum absolute atomic E-state index is 13.0. The Hall–Kier alpha value is -2.82. The monoisotopic (exact) mass is 494 g/mol. The number of halogens is 6.